The Labute approximate surface area is 215 Å². The van der Waals surface area contributed by atoms with Crippen LogP contribution in [0.1, 0.15) is 42.4 Å². The number of aryl methyl sites for hydroxylation is 1. The van der Waals surface area contributed by atoms with Crippen LogP contribution in [0.5, 0.6) is 5.75 Å². The van der Waals surface area contributed by atoms with Crippen molar-refractivity contribution in [2.24, 2.45) is 0 Å². The summed E-state index contributed by atoms with van der Waals surface area (Å²) in [6.45, 7) is 2.16. The maximum atomic E-state index is 12.9. The van der Waals surface area contributed by atoms with Gasteiger partial charge in [0.1, 0.15) is 17.6 Å². The fourth-order valence-corrected chi connectivity index (χ4v) is 5.21. The van der Waals surface area contributed by atoms with Crippen LogP contribution in [-0.2, 0) is 40.8 Å². The fraction of sp³-hybridized carbons (Fsp3) is 0.360. The summed E-state index contributed by atoms with van der Waals surface area (Å²) in [6.07, 6.45) is 2.58. The first-order chi connectivity index (χ1) is 17.2. The molecule has 36 heavy (non-hydrogen) atoms. The highest BCUT2D eigenvalue weighted by Gasteiger charge is 2.26. The van der Waals surface area contributed by atoms with Gasteiger partial charge in [0.25, 0.3) is 0 Å². The van der Waals surface area contributed by atoms with Crippen molar-refractivity contribution in [1.82, 2.24) is 14.3 Å². The topological polar surface area (TPSA) is 131 Å². The molecular weight excluding hydrogens is 506 g/mol. The molecule has 1 aromatic heterocycles. The summed E-state index contributed by atoms with van der Waals surface area (Å²) in [7, 11) is -2.57. The van der Waals surface area contributed by atoms with Gasteiger partial charge >= 0.3 is 5.97 Å². The first kappa shape index (κ1) is 27.7. The second-order valence-corrected chi connectivity index (χ2v) is 10.4. The van der Waals surface area contributed by atoms with E-state index in [1.807, 2.05) is 4.57 Å². The lowest BCUT2D eigenvalue weighted by Crippen LogP contribution is -2.42. The molecule has 11 heteroatoms. The van der Waals surface area contributed by atoms with Crippen molar-refractivity contribution >= 4 is 27.6 Å². The number of carbonyl (C=O) groups is 1. The number of aromatic nitrogens is 2. The minimum atomic E-state index is -4.09. The van der Waals surface area contributed by atoms with E-state index in [-0.39, 0.29) is 23.1 Å². The monoisotopic (exact) mass is 535 g/mol. The van der Waals surface area contributed by atoms with Gasteiger partial charge in [-0.3, -0.25) is 4.79 Å². The summed E-state index contributed by atoms with van der Waals surface area (Å²) < 4.78 is 35.1. The SMILES string of the molecule is CCCCc1nc(Cl)c(CO)n1Cc1ccc(S(=O)(=O)N[C@@H](Cc2ccc(OC)cc2)C(=O)O)cc1. The molecule has 9 nitrogen and oxygen atoms in total. The number of hydrogen-bond acceptors (Lipinski definition) is 6. The van der Waals surface area contributed by atoms with Crippen LogP contribution in [0.25, 0.3) is 0 Å². The quantitative estimate of drug-likeness (QED) is 0.306. The number of aliphatic hydroxyl groups is 1. The Morgan fingerprint density at radius 2 is 1.78 bits per heavy atom. The Balaban J connectivity index is 1.76. The van der Waals surface area contributed by atoms with E-state index in [0.29, 0.717) is 30.0 Å². The number of carboxylic acid groups (broad SMARTS) is 1. The standard InChI is InChI=1S/C25H30ClN3O6S/c1-3-4-5-23-27-24(26)22(16-30)29(23)15-18-8-12-20(13-9-18)36(33,34)28-21(25(31)32)14-17-6-10-19(35-2)11-7-17/h6-13,21,28,30H,3-5,14-16H2,1-2H3,(H,31,32)/t21-/m0/s1. The maximum Gasteiger partial charge on any atom is 0.322 e. The smallest absolute Gasteiger partial charge is 0.322 e. The zero-order valence-electron chi connectivity index (χ0n) is 20.1. The fourth-order valence-electron chi connectivity index (χ4n) is 3.76. The predicted molar refractivity (Wildman–Crippen MR) is 136 cm³/mol. The van der Waals surface area contributed by atoms with Gasteiger partial charge in [-0.25, -0.2) is 13.4 Å². The lowest BCUT2D eigenvalue weighted by atomic mass is 10.1. The summed E-state index contributed by atoms with van der Waals surface area (Å²) in [5, 5.41) is 19.6. The molecular formula is C25H30ClN3O6S. The first-order valence-corrected chi connectivity index (χ1v) is 13.4. The molecule has 0 saturated carbocycles. The number of halogens is 1. The highest BCUT2D eigenvalue weighted by atomic mass is 35.5. The summed E-state index contributed by atoms with van der Waals surface area (Å²) in [6, 6.07) is 11.5. The third kappa shape index (κ3) is 6.85. The molecule has 3 N–H and O–H groups in total. The maximum absolute atomic E-state index is 12.9. The van der Waals surface area contributed by atoms with Crippen molar-refractivity contribution in [2.45, 2.75) is 56.7 Å². The molecule has 0 aliphatic carbocycles. The Morgan fingerprint density at radius 3 is 2.33 bits per heavy atom. The molecule has 0 aliphatic rings. The molecule has 1 atom stereocenters. The number of rotatable bonds is 13. The molecule has 0 spiro atoms. The molecule has 0 bridgehead atoms. The van der Waals surface area contributed by atoms with Crippen LogP contribution in [0.4, 0.5) is 0 Å². The average Bonchev–Trinajstić information content (AvgIpc) is 3.16. The van der Waals surface area contributed by atoms with E-state index < -0.39 is 22.0 Å². The number of sulfonamides is 1. The van der Waals surface area contributed by atoms with Crippen LogP contribution in [0.3, 0.4) is 0 Å². The zero-order valence-corrected chi connectivity index (χ0v) is 21.7. The predicted octanol–water partition coefficient (Wildman–Crippen LogP) is 3.40. The van der Waals surface area contributed by atoms with Crippen LogP contribution in [-0.4, -0.2) is 47.3 Å². The van der Waals surface area contributed by atoms with Crippen LogP contribution < -0.4 is 9.46 Å². The Morgan fingerprint density at radius 1 is 1.14 bits per heavy atom. The molecule has 0 aliphatic heterocycles. The molecule has 0 unspecified atom stereocenters. The number of hydrogen-bond donors (Lipinski definition) is 3. The molecule has 3 rings (SSSR count). The minimum absolute atomic E-state index is 0.0253. The van der Waals surface area contributed by atoms with E-state index in [0.717, 1.165) is 24.2 Å². The molecule has 0 radical (unpaired) electrons. The van der Waals surface area contributed by atoms with Gasteiger partial charge in [-0.2, -0.15) is 4.72 Å². The Kier molecular flexibility index (Phi) is 9.49. The molecule has 0 amide bonds. The van der Waals surface area contributed by atoms with E-state index in [9.17, 15) is 23.4 Å². The van der Waals surface area contributed by atoms with Gasteiger partial charge in [0.2, 0.25) is 10.0 Å². The van der Waals surface area contributed by atoms with Crippen molar-refractivity contribution in [3.8, 4) is 5.75 Å². The average molecular weight is 536 g/mol. The van der Waals surface area contributed by atoms with Gasteiger partial charge in [0, 0.05) is 13.0 Å². The van der Waals surface area contributed by atoms with Crippen LogP contribution >= 0.6 is 11.6 Å². The number of carboxylic acids is 1. The van der Waals surface area contributed by atoms with Crippen molar-refractivity contribution < 1.29 is 28.2 Å². The van der Waals surface area contributed by atoms with E-state index in [1.54, 1.807) is 36.4 Å². The third-order valence-electron chi connectivity index (χ3n) is 5.78. The van der Waals surface area contributed by atoms with Crippen molar-refractivity contribution in [2.75, 3.05) is 7.11 Å². The van der Waals surface area contributed by atoms with Crippen molar-refractivity contribution in [1.29, 1.82) is 0 Å². The van der Waals surface area contributed by atoms with Gasteiger partial charge in [0.05, 0.1) is 24.3 Å². The highest BCUT2D eigenvalue weighted by Crippen LogP contribution is 2.22. The van der Waals surface area contributed by atoms with E-state index in [2.05, 4.69) is 16.6 Å². The van der Waals surface area contributed by atoms with Gasteiger partial charge in [-0.15, -0.1) is 0 Å². The van der Waals surface area contributed by atoms with Crippen molar-refractivity contribution in [3.05, 3.63) is 76.3 Å². The van der Waals surface area contributed by atoms with Gasteiger partial charge in [-0.05, 0) is 48.2 Å². The summed E-state index contributed by atoms with van der Waals surface area (Å²) in [4.78, 5) is 16.1. The van der Waals surface area contributed by atoms with Gasteiger partial charge in [0.15, 0.2) is 5.15 Å². The Hall–Kier alpha value is -2.92. The van der Waals surface area contributed by atoms with Crippen LogP contribution in [0.15, 0.2) is 53.4 Å². The molecule has 194 valence electrons. The number of benzene rings is 2. The number of imidazole rings is 1. The Bertz CT molecular complexity index is 1270. The van der Waals surface area contributed by atoms with Crippen LogP contribution in [0, 0.1) is 0 Å². The van der Waals surface area contributed by atoms with Gasteiger partial charge in [-0.1, -0.05) is 49.2 Å². The summed E-state index contributed by atoms with van der Waals surface area (Å²) in [5.74, 6) is 0.0964. The molecule has 3 aromatic rings. The number of aliphatic hydroxyl groups excluding tert-OH is 1. The third-order valence-corrected chi connectivity index (χ3v) is 7.57. The normalized spacial score (nSPS) is 12.4. The number of ether oxygens (including phenoxy) is 1. The number of unbranched alkanes of at least 4 members (excludes halogenated alkanes) is 1. The number of nitrogens with one attached hydrogen (secondary N) is 1. The van der Waals surface area contributed by atoms with E-state index >= 15 is 0 Å². The lowest BCUT2D eigenvalue weighted by molar-refractivity contribution is -0.138. The van der Waals surface area contributed by atoms with Gasteiger partial charge < -0.3 is 19.5 Å². The molecule has 2 aromatic carbocycles. The number of methoxy groups -OCH3 is 1. The number of aliphatic carboxylic acids is 1. The highest BCUT2D eigenvalue weighted by molar-refractivity contribution is 7.89. The second kappa shape index (κ2) is 12.4. The molecule has 1 heterocycles. The van der Waals surface area contributed by atoms with Crippen molar-refractivity contribution in [3.63, 3.8) is 0 Å². The number of nitrogens with zero attached hydrogens (tertiary/aromatic N) is 2. The summed E-state index contributed by atoms with van der Waals surface area (Å²) in [5.41, 5.74) is 1.94. The second-order valence-electron chi connectivity index (χ2n) is 8.32. The summed E-state index contributed by atoms with van der Waals surface area (Å²) >= 11 is 6.19. The first-order valence-electron chi connectivity index (χ1n) is 11.5. The molecule has 0 fully saturated rings. The van der Waals surface area contributed by atoms with E-state index in [1.165, 1.54) is 19.2 Å². The largest absolute Gasteiger partial charge is 0.497 e. The van der Waals surface area contributed by atoms with Crippen LogP contribution in [0.2, 0.25) is 5.15 Å². The minimum Gasteiger partial charge on any atom is -0.497 e. The van der Waals surface area contributed by atoms with E-state index in [4.69, 9.17) is 16.3 Å². The lowest BCUT2D eigenvalue weighted by Gasteiger charge is -2.16. The zero-order chi connectivity index (χ0) is 26.3. The molecule has 0 saturated heterocycles.